The summed E-state index contributed by atoms with van der Waals surface area (Å²) in [6.07, 6.45) is -2.21. The van der Waals surface area contributed by atoms with Gasteiger partial charge < -0.3 is 39.6 Å². The first-order chi connectivity index (χ1) is 22.5. The summed E-state index contributed by atoms with van der Waals surface area (Å²) in [5.74, 6) is -2.13. The summed E-state index contributed by atoms with van der Waals surface area (Å²) in [6, 6.07) is 15.6. The molecule has 1 fully saturated rings. The quantitative estimate of drug-likeness (QED) is 0.119. The number of carbonyl (C=O) groups excluding carboxylic acids is 3. The van der Waals surface area contributed by atoms with Crippen molar-refractivity contribution in [3.05, 3.63) is 111 Å². The Hall–Kier alpha value is -4.81. The lowest BCUT2D eigenvalue weighted by molar-refractivity contribution is -0.268. The van der Waals surface area contributed by atoms with Crippen LogP contribution in [0.3, 0.4) is 0 Å². The average Bonchev–Trinajstić information content (AvgIpc) is 3.57. The summed E-state index contributed by atoms with van der Waals surface area (Å²) in [5, 5.41) is 43.6. The minimum atomic E-state index is -1.68. The summed E-state index contributed by atoms with van der Waals surface area (Å²) < 4.78 is 17.3. The lowest BCUT2D eigenvalue weighted by atomic mass is 9.78. The van der Waals surface area contributed by atoms with Crippen LogP contribution in [0.2, 0.25) is 0 Å². The first-order valence-corrected chi connectivity index (χ1v) is 15.4. The summed E-state index contributed by atoms with van der Waals surface area (Å²) >= 11 is 0. The van der Waals surface area contributed by atoms with Gasteiger partial charge in [0.15, 0.2) is 11.6 Å². The van der Waals surface area contributed by atoms with Crippen molar-refractivity contribution in [2.45, 2.75) is 70.2 Å². The molecule has 5 N–H and O–H groups in total. The molecule has 3 aromatic carbocycles. The second-order valence-electron chi connectivity index (χ2n) is 11.9. The number of aliphatic hydroxyl groups is 3. The predicted octanol–water partition coefficient (Wildman–Crippen LogP) is 3.39. The van der Waals surface area contributed by atoms with Crippen molar-refractivity contribution in [1.82, 2.24) is 4.98 Å². The SMILES string of the molecule is CC(=O)Oc1ccc2c(c1)C(=O)c1c(Cc3cc[nH]c3)c(O[C@H]3O[C@@H](C)[C@@H](O)[C@@H](O)[C@H]3O)c(CCCc3ccccc3)c(O)c1C2=O. The van der Waals surface area contributed by atoms with E-state index in [2.05, 4.69) is 4.98 Å². The van der Waals surface area contributed by atoms with E-state index in [1.165, 1.54) is 32.0 Å². The molecule has 0 unspecified atom stereocenters. The van der Waals surface area contributed by atoms with Crippen LogP contribution in [0.4, 0.5) is 0 Å². The van der Waals surface area contributed by atoms with Gasteiger partial charge in [0.2, 0.25) is 6.29 Å². The number of aryl methyl sites for hydroxylation is 1. The van der Waals surface area contributed by atoms with E-state index in [1.54, 1.807) is 18.5 Å². The van der Waals surface area contributed by atoms with Gasteiger partial charge in [0.1, 0.15) is 35.6 Å². The predicted molar refractivity (Wildman–Crippen MR) is 168 cm³/mol. The van der Waals surface area contributed by atoms with Crippen LogP contribution in [0, 0.1) is 0 Å². The normalized spacial score (nSPS) is 22.0. The maximum atomic E-state index is 14.3. The molecular formula is C36H35NO10. The summed E-state index contributed by atoms with van der Waals surface area (Å²) in [4.78, 5) is 43.1. The lowest BCUT2D eigenvalue weighted by Gasteiger charge is -2.39. The fraction of sp³-hybridized carbons (Fsp3) is 0.306. The summed E-state index contributed by atoms with van der Waals surface area (Å²) in [6.45, 7) is 2.73. The number of benzene rings is 3. The van der Waals surface area contributed by atoms with Crippen LogP contribution in [0.15, 0.2) is 67.0 Å². The standard InChI is InChI=1S/C36H35NO10/c1-18-29(39)33(43)34(44)36(45-18)47-35-24(10-6-9-20-7-4-3-5-8-20)31(41)28-27(26(35)15-21-13-14-37-17-21)32(42)25-16-22(46-19(2)38)11-12-23(25)30(28)40/h3-5,7-8,11-14,16-18,29,33-34,36-37,39,41,43-44H,6,9-10,15H2,1-2H3/t18-,29+,33+,34+,36+/m0/s1. The number of ketones is 2. The zero-order valence-corrected chi connectivity index (χ0v) is 25.8. The number of ether oxygens (including phenoxy) is 3. The number of hydrogen-bond donors (Lipinski definition) is 5. The van der Waals surface area contributed by atoms with Crippen LogP contribution in [0.25, 0.3) is 0 Å². The molecule has 0 amide bonds. The van der Waals surface area contributed by atoms with Gasteiger partial charge in [0.05, 0.1) is 11.7 Å². The molecule has 1 aromatic heterocycles. The molecule has 11 heteroatoms. The molecular weight excluding hydrogens is 606 g/mol. The average molecular weight is 642 g/mol. The van der Waals surface area contributed by atoms with Crippen molar-refractivity contribution >= 4 is 17.5 Å². The topological polar surface area (TPSA) is 176 Å². The van der Waals surface area contributed by atoms with Gasteiger partial charge >= 0.3 is 5.97 Å². The van der Waals surface area contributed by atoms with Crippen molar-refractivity contribution in [3.8, 4) is 17.2 Å². The Balaban J connectivity index is 1.53. The van der Waals surface area contributed by atoms with Crippen LogP contribution in [0.1, 0.15) is 74.4 Å². The van der Waals surface area contributed by atoms with Crippen LogP contribution in [0.5, 0.6) is 17.2 Å². The lowest BCUT2D eigenvalue weighted by Crippen LogP contribution is -2.58. The number of H-pyrrole nitrogens is 1. The number of hydrogen-bond acceptors (Lipinski definition) is 10. The number of carbonyl (C=O) groups is 3. The summed E-state index contributed by atoms with van der Waals surface area (Å²) in [7, 11) is 0. The highest BCUT2D eigenvalue weighted by atomic mass is 16.7. The number of esters is 1. The fourth-order valence-electron chi connectivity index (χ4n) is 6.26. The van der Waals surface area contributed by atoms with Crippen molar-refractivity contribution in [2.75, 3.05) is 0 Å². The Morgan fingerprint density at radius 1 is 0.872 bits per heavy atom. The Labute approximate surface area is 270 Å². The second kappa shape index (κ2) is 13.1. The number of phenolic OH excluding ortho intramolecular Hbond substituents is 1. The number of rotatable bonds is 9. The molecule has 1 aliphatic carbocycles. The second-order valence-corrected chi connectivity index (χ2v) is 11.9. The maximum absolute atomic E-state index is 14.3. The highest BCUT2D eigenvalue weighted by molar-refractivity contribution is 6.30. The van der Waals surface area contributed by atoms with E-state index in [9.17, 15) is 34.8 Å². The van der Waals surface area contributed by atoms with Crippen molar-refractivity contribution in [1.29, 1.82) is 0 Å². The van der Waals surface area contributed by atoms with Gasteiger partial charge in [-0.05, 0) is 61.6 Å². The van der Waals surface area contributed by atoms with Crippen LogP contribution < -0.4 is 9.47 Å². The molecule has 0 saturated carbocycles. The van der Waals surface area contributed by atoms with Crippen LogP contribution in [-0.2, 0) is 28.8 Å². The van der Waals surface area contributed by atoms with E-state index < -0.39 is 54.0 Å². The molecule has 4 aromatic rings. The van der Waals surface area contributed by atoms with Crippen LogP contribution in [-0.4, -0.2) is 73.7 Å². The number of nitrogens with one attached hydrogen (secondary N) is 1. The number of phenols is 1. The molecule has 0 spiro atoms. The zero-order valence-electron chi connectivity index (χ0n) is 25.8. The van der Waals surface area contributed by atoms with E-state index in [-0.39, 0.29) is 57.7 Å². The Kier molecular flexibility index (Phi) is 8.98. The minimum Gasteiger partial charge on any atom is -0.507 e. The van der Waals surface area contributed by atoms with E-state index in [1.807, 2.05) is 30.3 Å². The van der Waals surface area contributed by atoms with E-state index in [0.29, 0.717) is 12.8 Å². The molecule has 6 rings (SSSR count). The molecule has 2 heterocycles. The molecule has 2 aliphatic rings. The third-order valence-electron chi connectivity index (χ3n) is 8.64. The monoisotopic (exact) mass is 641 g/mol. The van der Waals surface area contributed by atoms with E-state index in [0.717, 1.165) is 11.1 Å². The number of fused-ring (bicyclic) bond motifs is 2. The largest absolute Gasteiger partial charge is 0.507 e. The first kappa shape index (κ1) is 32.1. The fourth-order valence-corrected chi connectivity index (χ4v) is 6.26. The maximum Gasteiger partial charge on any atom is 0.308 e. The van der Waals surface area contributed by atoms with Crippen molar-refractivity contribution in [2.24, 2.45) is 0 Å². The van der Waals surface area contributed by atoms with Gasteiger partial charge in [-0.15, -0.1) is 0 Å². The van der Waals surface area contributed by atoms with Gasteiger partial charge in [-0.25, -0.2) is 0 Å². The van der Waals surface area contributed by atoms with Gasteiger partial charge in [0.25, 0.3) is 0 Å². The minimum absolute atomic E-state index is 0.0140. The smallest absolute Gasteiger partial charge is 0.308 e. The Bertz CT molecular complexity index is 1820. The number of aromatic nitrogens is 1. The van der Waals surface area contributed by atoms with E-state index >= 15 is 0 Å². The molecule has 5 atom stereocenters. The zero-order chi connectivity index (χ0) is 33.4. The number of aromatic amines is 1. The molecule has 0 radical (unpaired) electrons. The number of aliphatic hydroxyl groups excluding tert-OH is 3. The molecule has 47 heavy (non-hydrogen) atoms. The third-order valence-corrected chi connectivity index (χ3v) is 8.64. The van der Waals surface area contributed by atoms with Crippen molar-refractivity contribution < 1.29 is 49.0 Å². The van der Waals surface area contributed by atoms with Gasteiger partial charge in [-0.2, -0.15) is 0 Å². The molecule has 0 bridgehead atoms. The first-order valence-electron chi connectivity index (χ1n) is 15.4. The molecule has 11 nitrogen and oxygen atoms in total. The molecule has 1 aliphatic heterocycles. The Morgan fingerprint density at radius 3 is 2.32 bits per heavy atom. The van der Waals surface area contributed by atoms with Crippen LogP contribution >= 0.6 is 0 Å². The van der Waals surface area contributed by atoms with Crippen molar-refractivity contribution in [3.63, 3.8) is 0 Å². The third kappa shape index (κ3) is 6.18. The van der Waals surface area contributed by atoms with Gasteiger partial charge in [-0.3, -0.25) is 14.4 Å². The number of aromatic hydroxyl groups is 1. The van der Waals surface area contributed by atoms with Gasteiger partial charge in [0, 0.05) is 53.6 Å². The molecule has 1 saturated heterocycles. The highest BCUT2D eigenvalue weighted by Gasteiger charge is 2.45. The molecule has 244 valence electrons. The highest BCUT2D eigenvalue weighted by Crippen LogP contribution is 2.46. The Morgan fingerprint density at radius 2 is 1.62 bits per heavy atom. The van der Waals surface area contributed by atoms with Gasteiger partial charge in [-0.1, -0.05) is 30.3 Å². The van der Waals surface area contributed by atoms with E-state index in [4.69, 9.17) is 14.2 Å². The summed E-state index contributed by atoms with van der Waals surface area (Å²) in [5.41, 5.74) is 2.04.